The lowest BCUT2D eigenvalue weighted by molar-refractivity contribution is -0.244. The van der Waals surface area contributed by atoms with Gasteiger partial charge in [-0.05, 0) is 31.0 Å². The van der Waals surface area contributed by atoms with Crippen LogP contribution in [0, 0.1) is 11.8 Å². The lowest BCUT2D eigenvalue weighted by atomic mass is 9.87. The van der Waals surface area contributed by atoms with Gasteiger partial charge in [0.1, 0.15) is 12.1 Å². The molecule has 2 rings (SSSR count). The highest BCUT2D eigenvalue weighted by atomic mass is 32.1. The summed E-state index contributed by atoms with van der Waals surface area (Å²) < 4.78 is 16.9. The number of hydrogen-bond acceptors (Lipinski definition) is 6. The Morgan fingerprint density at radius 2 is 1.85 bits per heavy atom. The number of thiocarbonyl (C=S) groups is 1. The Bertz CT molecular complexity index is 526. The van der Waals surface area contributed by atoms with Gasteiger partial charge in [0.25, 0.3) is 0 Å². The first kappa shape index (κ1) is 20.9. The van der Waals surface area contributed by atoms with Crippen LogP contribution in [0.3, 0.4) is 0 Å². The van der Waals surface area contributed by atoms with E-state index in [0.717, 1.165) is 18.9 Å². The predicted molar refractivity (Wildman–Crippen MR) is 100 cm³/mol. The second-order valence-corrected chi connectivity index (χ2v) is 7.56. The Labute approximate surface area is 160 Å². The molecule has 2 aliphatic rings. The van der Waals surface area contributed by atoms with Crippen molar-refractivity contribution in [1.82, 2.24) is 10.6 Å². The van der Waals surface area contributed by atoms with E-state index in [-0.39, 0.29) is 18.0 Å². The van der Waals surface area contributed by atoms with E-state index in [9.17, 15) is 9.59 Å². The molecule has 0 aromatic carbocycles. The van der Waals surface area contributed by atoms with Crippen LogP contribution in [0.2, 0.25) is 0 Å². The molecule has 2 N–H and O–H groups in total. The lowest BCUT2D eigenvalue weighted by Gasteiger charge is -2.44. The van der Waals surface area contributed by atoms with Gasteiger partial charge in [-0.25, -0.2) is 0 Å². The van der Waals surface area contributed by atoms with Gasteiger partial charge in [-0.2, -0.15) is 0 Å². The van der Waals surface area contributed by atoms with E-state index < -0.39 is 24.4 Å². The fourth-order valence-electron chi connectivity index (χ4n) is 3.33. The minimum atomic E-state index is -0.874. The normalized spacial score (nSPS) is 31.0. The number of hydrogen-bond donors (Lipinski definition) is 2. The third-order valence-electron chi connectivity index (χ3n) is 4.88. The average molecular weight is 387 g/mol. The lowest BCUT2D eigenvalue weighted by Crippen LogP contribution is -2.63. The monoisotopic (exact) mass is 386 g/mol. The van der Waals surface area contributed by atoms with Crippen molar-refractivity contribution in [2.45, 2.75) is 77.9 Å². The molecule has 1 heterocycles. The molecule has 1 aliphatic heterocycles. The van der Waals surface area contributed by atoms with E-state index in [1.807, 2.05) is 13.8 Å². The topological polar surface area (TPSA) is 85.9 Å². The Hall–Kier alpha value is -1.41. The molecule has 1 saturated heterocycles. The standard InChI is InChI=1S/C18H30N2O5S/c1-5-14-10(2)16(23-11(3)21)15(17(25-14)24-12(4)22)20-18(26)19-9-8-13-6-7-13/h10,13-17H,5-9H2,1-4H3,(H2,19,20,26)/t10-,14-,15-,16+,17-/m1/s1. The third-order valence-corrected chi connectivity index (χ3v) is 5.14. The number of carbonyl (C=O) groups excluding carboxylic acids is 2. The Kier molecular flexibility index (Phi) is 7.64. The Balaban J connectivity index is 2.07. The van der Waals surface area contributed by atoms with Crippen LogP contribution in [0.5, 0.6) is 0 Å². The van der Waals surface area contributed by atoms with E-state index in [4.69, 9.17) is 26.4 Å². The van der Waals surface area contributed by atoms with Gasteiger partial charge in [0, 0.05) is 26.3 Å². The van der Waals surface area contributed by atoms with Crippen LogP contribution in [0.15, 0.2) is 0 Å². The maximum absolute atomic E-state index is 11.6. The summed E-state index contributed by atoms with van der Waals surface area (Å²) in [6.45, 7) is 7.42. The van der Waals surface area contributed by atoms with Crippen LogP contribution >= 0.6 is 12.2 Å². The molecule has 26 heavy (non-hydrogen) atoms. The molecule has 0 aromatic heterocycles. The highest BCUT2D eigenvalue weighted by molar-refractivity contribution is 7.80. The molecule has 0 bridgehead atoms. The summed E-state index contributed by atoms with van der Waals surface area (Å²) in [5.41, 5.74) is 0. The largest absolute Gasteiger partial charge is 0.460 e. The van der Waals surface area contributed by atoms with Crippen LogP contribution in [-0.2, 0) is 23.8 Å². The molecule has 1 aliphatic carbocycles. The summed E-state index contributed by atoms with van der Waals surface area (Å²) in [5.74, 6) is -0.112. The summed E-state index contributed by atoms with van der Waals surface area (Å²) in [6.07, 6.45) is 2.80. The summed E-state index contributed by atoms with van der Waals surface area (Å²) in [6, 6.07) is -0.568. The maximum Gasteiger partial charge on any atom is 0.305 e. The summed E-state index contributed by atoms with van der Waals surface area (Å²) in [5, 5.41) is 6.75. The van der Waals surface area contributed by atoms with Gasteiger partial charge in [-0.3, -0.25) is 9.59 Å². The molecular weight excluding hydrogens is 356 g/mol. The molecule has 0 amide bonds. The number of esters is 2. The summed E-state index contributed by atoms with van der Waals surface area (Å²) in [7, 11) is 0. The van der Waals surface area contributed by atoms with Crippen LogP contribution in [-0.4, -0.2) is 48.1 Å². The number of nitrogens with one attached hydrogen (secondary N) is 2. The molecule has 7 nitrogen and oxygen atoms in total. The highest BCUT2D eigenvalue weighted by Crippen LogP contribution is 2.32. The van der Waals surface area contributed by atoms with E-state index in [2.05, 4.69) is 10.6 Å². The van der Waals surface area contributed by atoms with Gasteiger partial charge < -0.3 is 24.8 Å². The van der Waals surface area contributed by atoms with Crippen molar-refractivity contribution in [1.29, 1.82) is 0 Å². The minimum absolute atomic E-state index is 0.0672. The van der Waals surface area contributed by atoms with E-state index >= 15 is 0 Å². The van der Waals surface area contributed by atoms with E-state index in [1.54, 1.807) is 0 Å². The second kappa shape index (κ2) is 9.50. The summed E-state index contributed by atoms with van der Waals surface area (Å²) in [4.78, 5) is 23.1. The van der Waals surface area contributed by atoms with Crippen molar-refractivity contribution >= 4 is 29.3 Å². The number of ether oxygens (including phenoxy) is 3. The van der Waals surface area contributed by atoms with Gasteiger partial charge in [-0.1, -0.05) is 26.7 Å². The zero-order valence-corrected chi connectivity index (χ0v) is 16.8. The molecule has 2 fully saturated rings. The molecule has 0 aromatic rings. The van der Waals surface area contributed by atoms with Crippen molar-refractivity contribution in [3.8, 4) is 0 Å². The predicted octanol–water partition coefficient (Wildman–Crippen LogP) is 1.88. The van der Waals surface area contributed by atoms with E-state index in [1.165, 1.54) is 26.7 Å². The first-order valence-corrected chi connectivity index (χ1v) is 9.76. The molecule has 0 unspecified atom stereocenters. The molecule has 0 spiro atoms. The maximum atomic E-state index is 11.6. The van der Waals surface area contributed by atoms with Crippen LogP contribution in [0.25, 0.3) is 0 Å². The van der Waals surface area contributed by atoms with Crippen molar-refractivity contribution in [2.24, 2.45) is 11.8 Å². The Morgan fingerprint density at radius 3 is 2.38 bits per heavy atom. The third kappa shape index (κ3) is 6.09. The van der Waals surface area contributed by atoms with E-state index in [0.29, 0.717) is 11.5 Å². The molecule has 5 atom stereocenters. The molecule has 0 radical (unpaired) electrons. The molecule has 8 heteroatoms. The van der Waals surface area contributed by atoms with Crippen molar-refractivity contribution in [2.75, 3.05) is 6.54 Å². The molecule has 1 saturated carbocycles. The fraction of sp³-hybridized carbons (Fsp3) is 0.833. The van der Waals surface area contributed by atoms with Gasteiger partial charge in [-0.15, -0.1) is 0 Å². The zero-order chi connectivity index (χ0) is 19.3. The first-order valence-electron chi connectivity index (χ1n) is 9.36. The molecular formula is C18H30N2O5S. The summed E-state index contributed by atoms with van der Waals surface area (Å²) >= 11 is 5.38. The number of rotatable bonds is 7. The quantitative estimate of drug-likeness (QED) is 0.507. The number of carbonyl (C=O) groups is 2. The zero-order valence-electron chi connectivity index (χ0n) is 15.9. The van der Waals surface area contributed by atoms with Crippen LogP contribution in [0.4, 0.5) is 0 Å². The van der Waals surface area contributed by atoms with Crippen molar-refractivity contribution < 1.29 is 23.8 Å². The first-order chi connectivity index (χ1) is 12.3. The fourth-order valence-corrected chi connectivity index (χ4v) is 3.57. The van der Waals surface area contributed by atoms with Gasteiger partial charge in [0.05, 0.1) is 6.10 Å². The highest BCUT2D eigenvalue weighted by Gasteiger charge is 2.47. The average Bonchev–Trinajstić information content (AvgIpc) is 3.36. The Morgan fingerprint density at radius 1 is 1.19 bits per heavy atom. The van der Waals surface area contributed by atoms with Crippen molar-refractivity contribution in [3.63, 3.8) is 0 Å². The van der Waals surface area contributed by atoms with Crippen molar-refractivity contribution in [3.05, 3.63) is 0 Å². The SMILES string of the molecule is CC[C@H]1O[C@@H](OC(C)=O)[C@H](NC(=S)NCCC2CC2)[C@@H](OC(C)=O)[C@@H]1C. The van der Waals surface area contributed by atoms with Gasteiger partial charge in [0.15, 0.2) is 5.11 Å². The van der Waals surface area contributed by atoms with Gasteiger partial charge in [0.2, 0.25) is 6.29 Å². The van der Waals surface area contributed by atoms with Crippen LogP contribution in [0.1, 0.15) is 53.4 Å². The van der Waals surface area contributed by atoms with Gasteiger partial charge >= 0.3 is 11.9 Å². The smallest absolute Gasteiger partial charge is 0.305 e. The molecule has 148 valence electrons. The minimum Gasteiger partial charge on any atom is -0.460 e. The van der Waals surface area contributed by atoms with Crippen LogP contribution < -0.4 is 10.6 Å². The second-order valence-electron chi connectivity index (χ2n) is 7.15.